The van der Waals surface area contributed by atoms with Gasteiger partial charge in [0.25, 0.3) is 5.91 Å². The van der Waals surface area contributed by atoms with Crippen LogP contribution >= 0.6 is 0 Å². The zero-order valence-corrected chi connectivity index (χ0v) is 17.1. The molecule has 5 heteroatoms. The summed E-state index contributed by atoms with van der Waals surface area (Å²) >= 11 is 0. The van der Waals surface area contributed by atoms with Gasteiger partial charge in [-0.3, -0.25) is 9.59 Å². The molecule has 1 aromatic rings. The number of hydrogen-bond acceptors (Lipinski definition) is 3. The molecular formula is C23H32N2O3. The Labute approximate surface area is 168 Å². The van der Waals surface area contributed by atoms with Crippen molar-refractivity contribution in [2.75, 3.05) is 19.7 Å². The molecule has 1 atom stereocenters. The number of ether oxygens (including phenoxy) is 1. The molecule has 3 fully saturated rings. The number of hydrogen-bond donors (Lipinski definition) is 0. The molecule has 1 aromatic carbocycles. The Morgan fingerprint density at radius 3 is 2.36 bits per heavy atom. The van der Waals surface area contributed by atoms with Crippen LogP contribution in [0.15, 0.2) is 30.3 Å². The third-order valence-corrected chi connectivity index (χ3v) is 6.54. The topological polar surface area (TPSA) is 49.9 Å². The van der Waals surface area contributed by atoms with E-state index in [-0.39, 0.29) is 29.4 Å². The monoisotopic (exact) mass is 384 g/mol. The molecule has 2 amide bonds. The number of carbonyl (C=O) groups excluding carboxylic acids is 2. The van der Waals surface area contributed by atoms with Crippen molar-refractivity contribution >= 4 is 11.8 Å². The van der Waals surface area contributed by atoms with Crippen molar-refractivity contribution in [3.8, 4) is 0 Å². The minimum absolute atomic E-state index is 0.0444. The summed E-state index contributed by atoms with van der Waals surface area (Å²) in [6.45, 7) is 6.15. The SMILES string of the molecule is CC(C)C(=O)N1CCC2(CC1)CC(N(C(=O)c1ccccc1)C1CC1)CCO2. The molecule has 2 aliphatic heterocycles. The van der Waals surface area contributed by atoms with Gasteiger partial charge in [-0.05, 0) is 50.7 Å². The minimum Gasteiger partial charge on any atom is -0.375 e. The van der Waals surface area contributed by atoms with Gasteiger partial charge in [-0.2, -0.15) is 0 Å². The van der Waals surface area contributed by atoms with Crippen molar-refractivity contribution < 1.29 is 14.3 Å². The Bertz CT molecular complexity index is 706. The highest BCUT2D eigenvalue weighted by Gasteiger charge is 2.46. The van der Waals surface area contributed by atoms with E-state index >= 15 is 0 Å². The summed E-state index contributed by atoms with van der Waals surface area (Å²) in [6.07, 6.45) is 5.77. The third-order valence-electron chi connectivity index (χ3n) is 6.54. The van der Waals surface area contributed by atoms with Gasteiger partial charge >= 0.3 is 0 Å². The number of likely N-dealkylation sites (tertiary alicyclic amines) is 1. The predicted octanol–water partition coefficient (Wildman–Crippen LogP) is 3.49. The lowest BCUT2D eigenvalue weighted by molar-refractivity contribution is -0.150. The summed E-state index contributed by atoms with van der Waals surface area (Å²) in [5.74, 6) is 0.446. The van der Waals surface area contributed by atoms with E-state index in [2.05, 4.69) is 4.90 Å². The second kappa shape index (κ2) is 7.86. The summed E-state index contributed by atoms with van der Waals surface area (Å²) < 4.78 is 6.29. The fourth-order valence-corrected chi connectivity index (χ4v) is 4.80. The van der Waals surface area contributed by atoms with Crippen LogP contribution in [0, 0.1) is 5.92 Å². The summed E-state index contributed by atoms with van der Waals surface area (Å²) in [5.41, 5.74) is 0.605. The van der Waals surface area contributed by atoms with E-state index in [9.17, 15) is 9.59 Å². The van der Waals surface area contributed by atoms with Crippen LogP contribution in [0.3, 0.4) is 0 Å². The normalized spacial score (nSPS) is 24.4. The standard InChI is InChI=1S/C23H32N2O3/c1-17(2)21(26)24-13-11-23(12-14-24)16-20(10-15-28-23)25(19-8-9-19)22(27)18-6-4-3-5-7-18/h3-7,17,19-20H,8-16H2,1-2H3. The van der Waals surface area contributed by atoms with Crippen LogP contribution < -0.4 is 0 Å². The summed E-state index contributed by atoms with van der Waals surface area (Å²) in [5, 5.41) is 0. The molecule has 1 saturated carbocycles. The van der Waals surface area contributed by atoms with Gasteiger partial charge in [-0.1, -0.05) is 32.0 Å². The fraction of sp³-hybridized carbons (Fsp3) is 0.652. The van der Waals surface area contributed by atoms with Gasteiger partial charge in [-0.15, -0.1) is 0 Å². The second-order valence-electron chi connectivity index (χ2n) is 8.97. The van der Waals surface area contributed by atoms with Crippen LogP contribution in [-0.2, 0) is 9.53 Å². The fourth-order valence-electron chi connectivity index (χ4n) is 4.80. The first-order valence-electron chi connectivity index (χ1n) is 10.8. The molecule has 2 heterocycles. The molecule has 1 spiro atoms. The van der Waals surface area contributed by atoms with E-state index in [1.807, 2.05) is 49.1 Å². The molecule has 4 rings (SSSR count). The molecule has 0 radical (unpaired) electrons. The molecule has 152 valence electrons. The number of rotatable bonds is 4. The van der Waals surface area contributed by atoms with Crippen LogP contribution in [-0.4, -0.2) is 59.0 Å². The van der Waals surface area contributed by atoms with Gasteiger partial charge < -0.3 is 14.5 Å². The number of amides is 2. The van der Waals surface area contributed by atoms with Crippen molar-refractivity contribution in [3.63, 3.8) is 0 Å². The predicted molar refractivity (Wildman–Crippen MR) is 108 cm³/mol. The van der Waals surface area contributed by atoms with Gasteiger partial charge in [0.15, 0.2) is 0 Å². The van der Waals surface area contributed by atoms with E-state index < -0.39 is 0 Å². The van der Waals surface area contributed by atoms with Crippen molar-refractivity contribution in [2.45, 2.75) is 70.1 Å². The smallest absolute Gasteiger partial charge is 0.254 e. The van der Waals surface area contributed by atoms with Crippen molar-refractivity contribution in [2.24, 2.45) is 5.92 Å². The Kier molecular flexibility index (Phi) is 5.46. The van der Waals surface area contributed by atoms with E-state index in [4.69, 9.17) is 4.74 Å². The van der Waals surface area contributed by atoms with Gasteiger partial charge in [0, 0.05) is 43.3 Å². The quantitative estimate of drug-likeness (QED) is 0.798. The average molecular weight is 385 g/mol. The van der Waals surface area contributed by atoms with Gasteiger partial charge in [0.2, 0.25) is 5.91 Å². The van der Waals surface area contributed by atoms with E-state index in [0.29, 0.717) is 12.6 Å². The average Bonchev–Trinajstić information content (AvgIpc) is 3.54. The molecule has 28 heavy (non-hydrogen) atoms. The maximum atomic E-state index is 13.2. The molecule has 3 aliphatic rings. The zero-order valence-electron chi connectivity index (χ0n) is 17.1. The molecule has 5 nitrogen and oxygen atoms in total. The summed E-state index contributed by atoms with van der Waals surface area (Å²) in [6, 6.07) is 10.3. The number of piperidine rings is 1. The van der Waals surface area contributed by atoms with Crippen LogP contribution in [0.1, 0.15) is 62.7 Å². The zero-order chi connectivity index (χ0) is 19.7. The highest BCUT2D eigenvalue weighted by atomic mass is 16.5. The number of benzene rings is 1. The lowest BCUT2D eigenvalue weighted by Crippen LogP contribution is -2.56. The molecule has 2 saturated heterocycles. The Balaban J connectivity index is 1.45. The third kappa shape index (κ3) is 3.95. The van der Waals surface area contributed by atoms with Crippen molar-refractivity contribution in [1.82, 2.24) is 9.80 Å². The number of carbonyl (C=O) groups is 2. The molecular weight excluding hydrogens is 352 g/mol. The van der Waals surface area contributed by atoms with Crippen LogP contribution in [0.25, 0.3) is 0 Å². The Hall–Kier alpha value is -1.88. The highest BCUT2D eigenvalue weighted by Crippen LogP contribution is 2.40. The van der Waals surface area contributed by atoms with E-state index in [1.54, 1.807) is 0 Å². The van der Waals surface area contributed by atoms with Crippen molar-refractivity contribution in [3.05, 3.63) is 35.9 Å². The lowest BCUT2D eigenvalue weighted by Gasteiger charge is -2.48. The van der Waals surface area contributed by atoms with Crippen LogP contribution in [0.4, 0.5) is 0 Å². The van der Waals surface area contributed by atoms with Crippen molar-refractivity contribution in [1.29, 1.82) is 0 Å². The maximum Gasteiger partial charge on any atom is 0.254 e. The summed E-state index contributed by atoms with van der Waals surface area (Å²) in [4.78, 5) is 29.7. The van der Waals surface area contributed by atoms with E-state index in [1.165, 1.54) is 0 Å². The first-order chi connectivity index (χ1) is 13.5. The molecule has 1 unspecified atom stereocenters. The molecule has 0 aromatic heterocycles. The van der Waals surface area contributed by atoms with Crippen LogP contribution in [0.5, 0.6) is 0 Å². The van der Waals surface area contributed by atoms with Crippen LogP contribution in [0.2, 0.25) is 0 Å². The Morgan fingerprint density at radius 1 is 1.07 bits per heavy atom. The first kappa shape index (κ1) is 19.4. The maximum absolute atomic E-state index is 13.2. The molecule has 0 bridgehead atoms. The van der Waals surface area contributed by atoms with Gasteiger partial charge in [0.1, 0.15) is 0 Å². The molecule has 0 N–H and O–H groups in total. The van der Waals surface area contributed by atoms with Gasteiger partial charge in [-0.25, -0.2) is 0 Å². The van der Waals surface area contributed by atoms with Gasteiger partial charge in [0.05, 0.1) is 5.60 Å². The first-order valence-corrected chi connectivity index (χ1v) is 10.8. The number of nitrogens with zero attached hydrogens (tertiary/aromatic N) is 2. The Morgan fingerprint density at radius 2 is 1.75 bits per heavy atom. The lowest BCUT2D eigenvalue weighted by atomic mass is 9.81. The largest absolute Gasteiger partial charge is 0.375 e. The minimum atomic E-state index is -0.180. The molecule has 1 aliphatic carbocycles. The second-order valence-corrected chi connectivity index (χ2v) is 8.97. The summed E-state index contributed by atoms with van der Waals surface area (Å²) in [7, 11) is 0. The van der Waals surface area contributed by atoms with E-state index in [0.717, 1.165) is 57.2 Å². The highest BCUT2D eigenvalue weighted by molar-refractivity contribution is 5.94.